The van der Waals surface area contributed by atoms with Crippen LogP contribution in [0.4, 0.5) is 5.82 Å². The molecular weight excluding hydrogens is 496 g/mol. The van der Waals surface area contributed by atoms with Crippen LogP contribution in [-0.4, -0.2) is 22.0 Å². The first-order chi connectivity index (χ1) is 16.0. The second-order valence-corrected chi connectivity index (χ2v) is 10.7. The fourth-order valence-electron chi connectivity index (χ4n) is 3.94. The number of rotatable bonds is 4. The van der Waals surface area contributed by atoms with E-state index in [-0.39, 0.29) is 22.6 Å². The van der Waals surface area contributed by atoms with Gasteiger partial charge in [0.2, 0.25) is 0 Å². The van der Waals surface area contributed by atoms with Crippen molar-refractivity contribution >= 4 is 39.2 Å². The van der Waals surface area contributed by atoms with Gasteiger partial charge in [-0.05, 0) is 29.2 Å². The molecule has 0 saturated carbocycles. The summed E-state index contributed by atoms with van der Waals surface area (Å²) in [4.78, 5) is 27.8. The predicted octanol–water partition coefficient (Wildman–Crippen LogP) is 6.48. The van der Waals surface area contributed by atoms with Crippen LogP contribution in [0.3, 0.4) is 0 Å². The first-order valence-electron chi connectivity index (χ1n) is 11.1. The largest absolute Gasteiger partial charge is 0.507 e. The average Bonchev–Trinajstić information content (AvgIpc) is 3.37. The molecule has 4 rings (SSSR count). The van der Waals surface area contributed by atoms with Crippen LogP contribution in [0, 0.1) is 0 Å². The van der Waals surface area contributed by atoms with E-state index < -0.39 is 17.7 Å². The highest BCUT2D eigenvalue weighted by Gasteiger charge is 2.48. The highest BCUT2D eigenvalue weighted by molar-refractivity contribution is 9.10. The second-order valence-electron chi connectivity index (χ2n) is 9.80. The molecule has 0 aliphatic carbocycles. The summed E-state index contributed by atoms with van der Waals surface area (Å²) < 4.78 is 6.35. The average molecular weight is 523 g/mol. The summed E-state index contributed by atoms with van der Waals surface area (Å²) >= 11 is 3.38. The molecule has 1 aromatic heterocycles. The number of Topliss-reactive ketones (excluding diaryl/α,β-unsaturated/α-hetero) is 1. The topological polar surface area (TPSA) is 83.6 Å². The van der Waals surface area contributed by atoms with Crippen molar-refractivity contribution in [1.82, 2.24) is 5.16 Å². The molecule has 2 heterocycles. The molecule has 1 aliphatic rings. The molecule has 176 valence electrons. The van der Waals surface area contributed by atoms with Crippen LogP contribution in [0.1, 0.15) is 69.0 Å². The summed E-state index contributed by atoms with van der Waals surface area (Å²) in [6.45, 7) is 10.1. The zero-order valence-electron chi connectivity index (χ0n) is 19.8. The molecule has 1 unspecified atom stereocenters. The highest BCUT2D eigenvalue weighted by atomic mass is 79.9. The quantitative estimate of drug-likeness (QED) is 0.240. The molecule has 34 heavy (non-hydrogen) atoms. The summed E-state index contributed by atoms with van der Waals surface area (Å²) in [5, 5.41) is 15.3. The zero-order chi connectivity index (χ0) is 24.8. The van der Waals surface area contributed by atoms with E-state index in [9.17, 15) is 14.7 Å². The van der Waals surface area contributed by atoms with E-state index in [4.69, 9.17) is 4.52 Å². The summed E-state index contributed by atoms with van der Waals surface area (Å²) in [7, 11) is 0. The molecule has 3 aromatic rings. The van der Waals surface area contributed by atoms with Gasteiger partial charge in [-0.2, -0.15) is 0 Å². The van der Waals surface area contributed by atoms with E-state index in [1.807, 2.05) is 45.0 Å². The second kappa shape index (κ2) is 8.87. The number of carbonyl (C=O) groups is 2. The normalized spacial score (nSPS) is 18.2. The molecule has 0 bridgehead atoms. The number of aliphatic hydroxyl groups excluding tert-OH is 1. The molecule has 1 atom stereocenters. The van der Waals surface area contributed by atoms with E-state index in [2.05, 4.69) is 34.9 Å². The third-order valence-corrected chi connectivity index (χ3v) is 6.49. The number of halogens is 1. The van der Waals surface area contributed by atoms with E-state index in [1.54, 1.807) is 30.3 Å². The molecule has 6 nitrogen and oxygen atoms in total. The molecule has 2 aromatic carbocycles. The van der Waals surface area contributed by atoms with Gasteiger partial charge in [-0.25, -0.2) is 0 Å². The number of nitrogens with zero attached hydrogens (tertiary/aromatic N) is 2. The number of ketones is 1. The molecule has 1 saturated heterocycles. The van der Waals surface area contributed by atoms with Gasteiger partial charge in [0.1, 0.15) is 11.5 Å². The van der Waals surface area contributed by atoms with E-state index in [0.29, 0.717) is 22.8 Å². The minimum absolute atomic E-state index is 0.0185. The van der Waals surface area contributed by atoms with Gasteiger partial charge in [-0.1, -0.05) is 92.1 Å². The summed E-state index contributed by atoms with van der Waals surface area (Å²) in [6.07, 6.45) is 0. The maximum atomic E-state index is 13.3. The number of hydrogen-bond acceptors (Lipinski definition) is 5. The Bertz CT molecular complexity index is 1270. The third kappa shape index (κ3) is 4.32. The number of amides is 1. The summed E-state index contributed by atoms with van der Waals surface area (Å²) in [6, 6.07) is 15.5. The van der Waals surface area contributed by atoms with Crippen molar-refractivity contribution in [2.75, 3.05) is 4.90 Å². The molecule has 1 aliphatic heterocycles. The van der Waals surface area contributed by atoms with E-state index in [1.165, 1.54) is 4.90 Å². The van der Waals surface area contributed by atoms with Gasteiger partial charge < -0.3 is 9.63 Å². The Hall–Kier alpha value is -3.19. The van der Waals surface area contributed by atoms with Crippen molar-refractivity contribution in [1.29, 1.82) is 0 Å². The Morgan fingerprint density at radius 1 is 1.06 bits per heavy atom. The van der Waals surface area contributed by atoms with Gasteiger partial charge >= 0.3 is 5.91 Å². The lowest BCUT2D eigenvalue weighted by molar-refractivity contribution is -0.132. The number of benzene rings is 2. The van der Waals surface area contributed by atoms with E-state index in [0.717, 1.165) is 10.0 Å². The molecule has 1 N–H and O–H groups in total. The van der Waals surface area contributed by atoms with Crippen LogP contribution in [0.25, 0.3) is 5.76 Å². The molecule has 7 heteroatoms. The van der Waals surface area contributed by atoms with Crippen LogP contribution in [0.15, 0.2) is 69.2 Å². The van der Waals surface area contributed by atoms with Gasteiger partial charge in [0.25, 0.3) is 5.78 Å². The fourth-order valence-corrected chi connectivity index (χ4v) is 4.21. The molecule has 0 spiro atoms. The smallest absolute Gasteiger partial charge is 0.301 e. The SMILES string of the molecule is CC(C)c1ccc(C2/C(=C(\O)c3ccc(Br)cc3)C(=O)C(=O)N2c2cc(C(C)(C)C)on2)cc1. The van der Waals surface area contributed by atoms with Crippen LogP contribution >= 0.6 is 15.9 Å². The van der Waals surface area contributed by atoms with E-state index >= 15 is 0 Å². The number of aromatic nitrogens is 1. The van der Waals surface area contributed by atoms with Gasteiger partial charge in [-0.3, -0.25) is 14.5 Å². The predicted molar refractivity (Wildman–Crippen MR) is 135 cm³/mol. The standard InChI is InChI=1S/C27H27BrN2O4/c1-15(2)16-6-8-17(9-7-16)23-22(24(31)18-10-12-19(28)13-11-18)25(32)26(33)30(23)21-14-20(34-29-21)27(3,4)5/h6-15,23,31H,1-5H3/b24-22+. The third-order valence-electron chi connectivity index (χ3n) is 5.96. The summed E-state index contributed by atoms with van der Waals surface area (Å²) in [5.41, 5.74) is 1.96. The van der Waals surface area contributed by atoms with Crippen molar-refractivity contribution in [2.24, 2.45) is 0 Å². The zero-order valence-corrected chi connectivity index (χ0v) is 21.4. The Morgan fingerprint density at radius 3 is 2.21 bits per heavy atom. The number of anilines is 1. The maximum absolute atomic E-state index is 13.3. The Labute approximate surface area is 207 Å². The Kier molecular flexibility index (Phi) is 6.25. The van der Waals surface area contributed by atoms with Crippen molar-refractivity contribution in [3.63, 3.8) is 0 Å². The first kappa shape index (κ1) is 24.0. The van der Waals surface area contributed by atoms with Crippen molar-refractivity contribution in [3.05, 3.63) is 87.1 Å². The minimum atomic E-state index is -0.845. The molecule has 1 fully saturated rings. The van der Waals surface area contributed by atoms with Crippen molar-refractivity contribution in [2.45, 2.75) is 52.0 Å². The number of hydrogen-bond donors (Lipinski definition) is 1. The van der Waals surface area contributed by atoms with Crippen molar-refractivity contribution < 1.29 is 19.2 Å². The van der Waals surface area contributed by atoms with Crippen LogP contribution < -0.4 is 4.90 Å². The van der Waals surface area contributed by atoms with Gasteiger partial charge in [0.05, 0.1) is 11.6 Å². The lowest BCUT2D eigenvalue weighted by atomic mass is 9.92. The molecular formula is C27H27BrN2O4. The lowest BCUT2D eigenvalue weighted by Gasteiger charge is -2.23. The fraction of sp³-hybridized carbons (Fsp3) is 0.296. The van der Waals surface area contributed by atoms with Crippen molar-refractivity contribution in [3.8, 4) is 0 Å². The first-order valence-corrected chi connectivity index (χ1v) is 11.9. The summed E-state index contributed by atoms with van der Waals surface area (Å²) in [5.74, 6) is -0.603. The molecule has 0 radical (unpaired) electrons. The minimum Gasteiger partial charge on any atom is -0.507 e. The Morgan fingerprint density at radius 2 is 1.68 bits per heavy atom. The van der Waals surface area contributed by atoms with Crippen LogP contribution in [0.2, 0.25) is 0 Å². The maximum Gasteiger partial charge on any atom is 0.301 e. The number of aliphatic hydroxyl groups is 1. The van der Waals surface area contributed by atoms with Gasteiger partial charge in [0, 0.05) is 21.5 Å². The van der Waals surface area contributed by atoms with Crippen LogP contribution in [0.5, 0.6) is 0 Å². The molecule has 1 amide bonds. The Balaban J connectivity index is 1.91. The number of carbonyl (C=O) groups excluding carboxylic acids is 2. The van der Waals surface area contributed by atoms with Gasteiger partial charge in [0.15, 0.2) is 5.82 Å². The monoisotopic (exact) mass is 522 g/mol. The van der Waals surface area contributed by atoms with Gasteiger partial charge in [-0.15, -0.1) is 0 Å². The lowest BCUT2D eigenvalue weighted by Crippen LogP contribution is -2.29. The van der Waals surface area contributed by atoms with Crippen LogP contribution in [-0.2, 0) is 15.0 Å². The highest BCUT2D eigenvalue weighted by Crippen LogP contribution is 2.43.